The zero-order valence-corrected chi connectivity index (χ0v) is 21.5. The van der Waals surface area contributed by atoms with Crippen molar-refractivity contribution in [2.45, 2.75) is 62.9 Å². The fourth-order valence-corrected chi connectivity index (χ4v) is 6.10. The van der Waals surface area contributed by atoms with Gasteiger partial charge < -0.3 is 34.1 Å². The maximum absolute atomic E-state index is 13.8. The molecule has 0 unspecified atom stereocenters. The Bertz CT molecular complexity index is 1320. The summed E-state index contributed by atoms with van der Waals surface area (Å²) in [5.74, 6) is -0.0662. The molecule has 9 nitrogen and oxygen atoms in total. The van der Waals surface area contributed by atoms with E-state index in [0.29, 0.717) is 36.3 Å². The molecule has 3 heterocycles. The molecule has 1 amide bonds. The van der Waals surface area contributed by atoms with Crippen molar-refractivity contribution >= 4 is 11.9 Å². The van der Waals surface area contributed by atoms with E-state index in [-0.39, 0.29) is 47.7 Å². The molecule has 1 fully saturated rings. The van der Waals surface area contributed by atoms with E-state index in [4.69, 9.17) is 14.2 Å². The molecule has 4 aliphatic rings. The summed E-state index contributed by atoms with van der Waals surface area (Å²) in [5.41, 5.74) is 0.0734. The molecule has 6 rings (SSSR count). The van der Waals surface area contributed by atoms with Crippen molar-refractivity contribution in [3.63, 3.8) is 0 Å². The number of fused-ring (bicyclic) bond motifs is 3. The Kier molecular flexibility index (Phi) is 6.00. The molecule has 3 atom stereocenters. The summed E-state index contributed by atoms with van der Waals surface area (Å²) in [4.78, 5) is 25.2. The van der Waals surface area contributed by atoms with Gasteiger partial charge in [0, 0.05) is 29.7 Å². The Morgan fingerprint density at radius 1 is 1.03 bits per heavy atom. The smallest absolute Gasteiger partial charge is 0.497 e. The Morgan fingerprint density at radius 2 is 1.74 bits per heavy atom. The summed E-state index contributed by atoms with van der Waals surface area (Å²) in [6.07, 6.45) is -0.879. The fourth-order valence-electron chi connectivity index (χ4n) is 6.10. The quantitative estimate of drug-likeness (QED) is 0.562. The van der Waals surface area contributed by atoms with E-state index in [0.717, 1.165) is 18.4 Å². The van der Waals surface area contributed by atoms with E-state index in [1.54, 1.807) is 26.2 Å². The van der Waals surface area contributed by atoms with E-state index >= 15 is 0 Å². The van der Waals surface area contributed by atoms with Crippen molar-refractivity contribution in [3.8, 4) is 28.7 Å². The number of rotatable bonds is 5. The van der Waals surface area contributed by atoms with E-state index in [2.05, 4.69) is 14.8 Å². The maximum Gasteiger partial charge on any atom is 0.586 e. The molecule has 2 aromatic rings. The van der Waals surface area contributed by atoms with Crippen LogP contribution in [0.3, 0.4) is 0 Å². The minimum Gasteiger partial charge on any atom is -0.497 e. The first-order valence-electron chi connectivity index (χ1n) is 13.0. The van der Waals surface area contributed by atoms with Gasteiger partial charge in [-0.05, 0) is 56.7 Å². The average molecular weight is 546 g/mol. The summed E-state index contributed by atoms with van der Waals surface area (Å²) >= 11 is 0. The van der Waals surface area contributed by atoms with Gasteiger partial charge in [-0.15, -0.1) is 8.78 Å². The predicted molar refractivity (Wildman–Crippen MR) is 131 cm³/mol. The third-order valence-corrected chi connectivity index (χ3v) is 8.41. The fraction of sp³-hybridized carbons (Fsp3) is 0.500. The van der Waals surface area contributed by atoms with Gasteiger partial charge in [0.25, 0.3) is 0 Å². The van der Waals surface area contributed by atoms with Crippen molar-refractivity contribution in [1.29, 1.82) is 0 Å². The second kappa shape index (κ2) is 9.17. The first-order valence-corrected chi connectivity index (χ1v) is 13.0. The van der Waals surface area contributed by atoms with Crippen LogP contribution >= 0.6 is 0 Å². The zero-order valence-electron chi connectivity index (χ0n) is 21.5. The third-order valence-electron chi connectivity index (χ3n) is 8.41. The average Bonchev–Trinajstić information content (AvgIpc) is 3.41. The maximum atomic E-state index is 13.8. The minimum atomic E-state index is -3.78. The Morgan fingerprint density at radius 3 is 2.44 bits per heavy atom. The summed E-state index contributed by atoms with van der Waals surface area (Å²) in [5, 5.41) is 12.5. The Labute approximate surface area is 223 Å². The highest BCUT2D eigenvalue weighted by Crippen LogP contribution is 2.50. The number of hydrogen-bond donors (Lipinski definition) is 2. The van der Waals surface area contributed by atoms with Gasteiger partial charge in [0.1, 0.15) is 35.4 Å². The van der Waals surface area contributed by atoms with Crippen molar-refractivity contribution in [3.05, 3.63) is 41.5 Å². The minimum absolute atomic E-state index is 0.0226. The van der Waals surface area contributed by atoms with Crippen LogP contribution in [0.15, 0.2) is 30.3 Å². The topological polar surface area (TPSA) is 113 Å². The number of amides is 1. The second-order valence-electron chi connectivity index (χ2n) is 10.9. The normalized spacial score (nSPS) is 29.8. The molecule has 3 aliphatic heterocycles. The molecule has 2 N–H and O–H groups in total. The van der Waals surface area contributed by atoms with Crippen LogP contribution < -0.4 is 29.0 Å². The van der Waals surface area contributed by atoms with Gasteiger partial charge in [0.05, 0.1) is 19.1 Å². The number of hydrogen-bond acceptors (Lipinski definition) is 7. The zero-order chi connectivity index (χ0) is 27.5. The number of benzene rings is 2. The number of carboxylic acid groups (broad SMARTS) is 1. The van der Waals surface area contributed by atoms with Gasteiger partial charge in [0.15, 0.2) is 11.5 Å². The Hall–Kier alpha value is -3.76. The number of halogens is 2. The van der Waals surface area contributed by atoms with E-state index in [1.807, 2.05) is 6.07 Å². The van der Waals surface area contributed by atoms with Crippen LogP contribution in [0, 0.1) is 11.8 Å². The molecule has 1 saturated carbocycles. The number of aliphatic carboxylic acids is 1. The number of alkyl halides is 2. The summed E-state index contributed by atoms with van der Waals surface area (Å²) in [6.45, 7) is 1.72. The molecule has 208 valence electrons. The van der Waals surface area contributed by atoms with Gasteiger partial charge in [-0.3, -0.25) is 9.59 Å². The van der Waals surface area contributed by atoms with E-state index in [1.165, 1.54) is 12.1 Å². The Balaban J connectivity index is 1.25. The van der Waals surface area contributed by atoms with Crippen molar-refractivity contribution < 1.29 is 47.2 Å². The number of nitrogens with one attached hydrogen (secondary N) is 1. The van der Waals surface area contributed by atoms with Crippen molar-refractivity contribution in [2.24, 2.45) is 11.8 Å². The molecule has 0 aromatic heterocycles. The van der Waals surface area contributed by atoms with Crippen molar-refractivity contribution in [1.82, 2.24) is 5.32 Å². The predicted octanol–water partition coefficient (Wildman–Crippen LogP) is 4.57. The molecule has 1 aliphatic carbocycles. The lowest BCUT2D eigenvalue weighted by atomic mass is 9.76. The molecule has 0 spiro atoms. The van der Waals surface area contributed by atoms with Gasteiger partial charge in [0.2, 0.25) is 5.91 Å². The highest BCUT2D eigenvalue weighted by atomic mass is 19.3. The summed E-state index contributed by atoms with van der Waals surface area (Å²) < 4.78 is 53.9. The van der Waals surface area contributed by atoms with Gasteiger partial charge in [-0.2, -0.15) is 0 Å². The first kappa shape index (κ1) is 25.5. The molecule has 2 aromatic carbocycles. The molecular weight excluding hydrogens is 516 g/mol. The van der Waals surface area contributed by atoms with Crippen LogP contribution in [0.25, 0.3) is 0 Å². The number of methoxy groups -OCH3 is 1. The molecule has 0 bridgehead atoms. The lowest BCUT2D eigenvalue weighted by Gasteiger charge is -2.39. The van der Waals surface area contributed by atoms with Crippen molar-refractivity contribution in [2.75, 3.05) is 13.7 Å². The number of carbonyl (C=O) groups excluding carboxylic acids is 1. The standard InChI is InChI=1S/C28H29F2NO8/c1-27(13-36-22-12-24-23(10-18(22)27)38-28(29,30)39-24)26(34)31-19-11-20(14-3-5-15(6-4-14)25(32)33)37-21-9-16(35-2)7-8-17(19)21/h7-10,12,14-15,19-20H,3-6,11,13H2,1-2H3,(H,31,34)(H,32,33)/t14?,15?,19-,20-,27+/m0/s1. The highest BCUT2D eigenvalue weighted by molar-refractivity contribution is 5.90. The van der Waals surface area contributed by atoms with Crippen LogP contribution in [0.5, 0.6) is 28.7 Å². The van der Waals surface area contributed by atoms with Crippen LogP contribution in [-0.2, 0) is 15.0 Å². The number of carbonyl (C=O) groups is 2. The summed E-state index contributed by atoms with van der Waals surface area (Å²) in [6, 6.07) is 7.76. The second-order valence-corrected chi connectivity index (χ2v) is 10.9. The van der Waals surface area contributed by atoms with Crippen LogP contribution in [0.2, 0.25) is 0 Å². The third kappa shape index (κ3) is 4.47. The largest absolute Gasteiger partial charge is 0.586 e. The van der Waals surface area contributed by atoms with Gasteiger partial charge in [-0.1, -0.05) is 0 Å². The van der Waals surface area contributed by atoms with Gasteiger partial charge >= 0.3 is 12.3 Å². The summed E-state index contributed by atoms with van der Waals surface area (Å²) in [7, 11) is 1.56. The molecular formula is C28H29F2NO8. The SMILES string of the molecule is COc1ccc2c(c1)O[C@H](C1CCC(C(=O)O)CC1)C[C@@H]2NC(=O)[C@]1(C)COc2cc3c(cc21)OC(F)(F)O3. The molecule has 0 saturated heterocycles. The van der Waals surface area contributed by atoms with Gasteiger partial charge in [-0.25, -0.2) is 0 Å². The first-order chi connectivity index (χ1) is 18.6. The molecule has 39 heavy (non-hydrogen) atoms. The van der Waals surface area contributed by atoms with Crippen LogP contribution in [-0.4, -0.2) is 43.1 Å². The molecule has 0 radical (unpaired) electrons. The van der Waals surface area contributed by atoms with Crippen LogP contribution in [0.4, 0.5) is 8.78 Å². The van der Waals surface area contributed by atoms with E-state index in [9.17, 15) is 23.5 Å². The number of ether oxygens (including phenoxy) is 5. The lowest BCUT2D eigenvalue weighted by molar-refractivity contribution is -0.286. The van der Waals surface area contributed by atoms with E-state index < -0.39 is 23.7 Å². The monoisotopic (exact) mass is 545 g/mol. The lowest BCUT2D eigenvalue weighted by Crippen LogP contribution is -2.47. The number of carboxylic acids is 1. The molecule has 11 heteroatoms. The highest BCUT2D eigenvalue weighted by Gasteiger charge is 2.49. The van der Waals surface area contributed by atoms with Crippen LogP contribution in [0.1, 0.15) is 56.2 Å².